The van der Waals surface area contributed by atoms with Crippen LogP contribution in [0.5, 0.6) is 0 Å². The van der Waals surface area contributed by atoms with Crippen molar-refractivity contribution in [2.45, 2.75) is 6.04 Å². The highest BCUT2D eigenvalue weighted by Crippen LogP contribution is 1.98. The molecule has 0 amide bonds. The van der Waals surface area contributed by atoms with Crippen molar-refractivity contribution < 1.29 is 5.11 Å². The molecule has 2 N–H and O–H groups in total. The fraction of sp³-hybridized carbons (Fsp3) is 0.750. The van der Waals surface area contributed by atoms with Gasteiger partial charge in [0, 0.05) is 26.2 Å². The normalized spacial score (nSPS) is 22.5. The van der Waals surface area contributed by atoms with Gasteiger partial charge >= 0.3 is 0 Å². The maximum atomic E-state index is 8.87. The number of hydrogen-bond donors (Lipinski definition) is 2. The Labute approximate surface area is 67.4 Å². The largest absolute Gasteiger partial charge is 0.394 e. The number of aliphatic hydroxyl groups excluding tert-OH is 1. The van der Waals surface area contributed by atoms with E-state index in [0.717, 1.165) is 26.2 Å². The molecule has 0 spiro atoms. The topological polar surface area (TPSA) is 35.5 Å². The summed E-state index contributed by atoms with van der Waals surface area (Å²) in [6.07, 6.45) is 5.24. The van der Waals surface area contributed by atoms with E-state index in [1.165, 1.54) is 0 Å². The van der Waals surface area contributed by atoms with Gasteiger partial charge in [-0.3, -0.25) is 4.90 Å². The molecule has 0 bridgehead atoms. The van der Waals surface area contributed by atoms with Crippen LogP contribution in [0.25, 0.3) is 0 Å². The van der Waals surface area contributed by atoms with Crippen molar-refractivity contribution in [2.75, 3.05) is 32.8 Å². The van der Waals surface area contributed by atoms with E-state index in [4.69, 9.17) is 11.5 Å². The Hall–Kier alpha value is -0.560. The van der Waals surface area contributed by atoms with Gasteiger partial charge in [0.1, 0.15) is 0 Å². The minimum Gasteiger partial charge on any atom is -0.394 e. The van der Waals surface area contributed by atoms with Crippen LogP contribution < -0.4 is 5.32 Å². The minimum atomic E-state index is -0.0860. The molecule has 1 unspecified atom stereocenters. The molecule has 1 saturated heterocycles. The van der Waals surface area contributed by atoms with Gasteiger partial charge in [-0.1, -0.05) is 5.92 Å². The van der Waals surface area contributed by atoms with Crippen LogP contribution in [-0.4, -0.2) is 48.8 Å². The van der Waals surface area contributed by atoms with Gasteiger partial charge in [0.25, 0.3) is 0 Å². The Balaban J connectivity index is 2.38. The Morgan fingerprint density at radius 2 is 2.18 bits per heavy atom. The summed E-state index contributed by atoms with van der Waals surface area (Å²) in [5.41, 5.74) is 0. The van der Waals surface area contributed by atoms with Crippen molar-refractivity contribution in [3.63, 3.8) is 0 Å². The summed E-state index contributed by atoms with van der Waals surface area (Å²) in [6.45, 7) is 3.89. The second-order valence-corrected chi connectivity index (χ2v) is 2.65. The first-order valence-electron chi connectivity index (χ1n) is 3.90. The van der Waals surface area contributed by atoms with Crippen LogP contribution in [0.2, 0.25) is 0 Å². The highest BCUT2D eigenvalue weighted by Gasteiger charge is 2.16. The molecule has 11 heavy (non-hydrogen) atoms. The van der Waals surface area contributed by atoms with Gasteiger partial charge in [-0.15, -0.1) is 6.42 Å². The third-order valence-electron chi connectivity index (χ3n) is 1.96. The van der Waals surface area contributed by atoms with Crippen molar-refractivity contribution in [1.29, 1.82) is 0 Å². The predicted octanol–water partition coefficient (Wildman–Crippen LogP) is -1.11. The summed E-state index contributed by atoms with van der Waals surface area (Å²) in [4.78, 5) is 2.12. The van der Waals surface area contributed by atoms with Crippen molar-refractivity contribution >= 4 is 0 Å². The lowest BCUT2D eigenvalue weighted by Crippen LogP contribution is -2.49. The zero-order valence-electron chi connectivity index (χ0n) is 6.58. The van der Waals surface area contributed by atoms with Crippen LogP contribution in [0.15, 0.2) is 0 Å². The molecule has 1 atom stereocenters. The number of rotatable bonds is 2. The fourth-order valence-electron chi connectivity index (χ4n) is 1.27. The van der Waals surface area contributed by atoms with Crippen molar-refractivity contribution in [1.82, 2.24) is 10.2 Å². The number of hydrogen-bond acceptors (Lipinski definition) is 3. The Bertz CT molecular complexity index is 147. The monoisotopic (exact) mass is 154 g/mol. The van der Waals surface area contributed by atoms with Crippen LogP contribution >= 0.6 is 0 Å². The first kappa shape index (κ1) is 8.54. The number of aliphatic hydroxyl groups is 1. The number of piperazine rings is 1. The highest BCUT2D eigenvalue weighted by molar-refractivity contribution is 5.00. The van der Waals surface area contributed by atoms with Gasteiger partial charge < -0.3 is 10.4 Å². The lowest BCUT2D eigenvalue weighted by molar-refractivity contribution is 0.143. The van der Waals surface area contributed by atoms with Gasteiger partial charge in [-0.05, 0) is 0 Å². The SMILES string of the molecule is C#CC(CO)N1CCNCC1. The maximum absolute atomic E-state index is 8.87. The van der Waals surface area contributed by atoms with Crippen LogP contribution in [0.1, 0.15) is 0 Å². The van der Waals surface area contributed by atoms with E-state index >= 15 is 0 Å². The van der Waals surface area contributed by atoms with Gasteiger partial charge in [-0.2, -0.15) is 0 Å². The first-order valence-corrected chi connectivity index (χ1v) is 3.90. The lowest BCUT2D eigenvalue weighted by Gasteiger charge is -2.30. The summed E-state index contributed by atoms with van der Waals surface area (Å²) < 4.78 is 0. The molecular weight excluding hydrogens is 140 g/mol. The maximum Gasteiger partial charge on any atom is 0.0947 e. The van der Waals surface area contributed by atoms with Crippen molar-refractivity contribution in [2.24, 2.45) is 0 Å². The predicted molar refractivity (Wildman–Crippen MR) is 44.1 cm³/mol. The van der Waals surface area contributed by atoms with E-state index in [-0.39, 0.29) is 12.6 Å². The molecule has 1 aliphatic heterocycles. The zero-order valence-corrected chi connectivity index (χ0v) is 6.58. The van der Waals surface area contributed by atoms with Crippen LogP contribution in [-0.2, 0) is 0 Å². The smallest absolute Gasteiger partial charge is 0.0947 e. The summed E-state index contributed by atoms with van der Waals surface area (Å²) in [7, 11) is 0. The molecule has 1 heterocycles. The average molecular weight is 154 g/mol. The van der Waals surface area contributed by atoms with Crippen molar-refractivity contribution in [3.8, 4) is 12.3 Å². The Morgan fingerprint density at radius 3 is 2.64 bits per heavy atom. The second kappa shape index (κ2) is 4.35. The van der Waals surface area contributed by atoms with E-state index in [9.17, 15) is 0 Å². The first-order chi connectivity index (χ1) is 5.38. The van der Waals surface area contributed by atoms with E-state index in [1.807, 2.05) is 0 Å². The third-order valence-corrected chi connectivity index (χ3v) is 1.96. The van der Waals surface area contributed by atoms with Crippen LogP contribution in [0.4, 0.5) is 0 Å². The van der Waals surface area contributed by atoms with E-state index in [0.29, 0.717) is 0 Å². The standard InChI is InChI=1S/C8H14N2O/c1-2-8(7-11)10-5-3-9-4-6-10/h1,8-9,11H,3-7H2. The van der Waals surface area contributed by atoms with Gasteiger partial charge in [0.05, 0.1) is 12.6 Å². The molecule has 1 fully saturated rings. The van der Waals surface area contributed by atoms with Crippen molar-refractivity contribution in [3.05, 3.63) is 0 Å². The molecule has 3 nitrogen and oxygen atoms in total. The third kappa shape index (κ3) is 2.19. The molecule has 62 valence electrons. The number of terminal acetylenes is 1. The minimum absolute atomic E-state index is 0.0660. The average Bonchev–Trinajstić information content (AvgIpc) is 2.09. The van der Waals surface area contributed by atoms with E-state index < -0.39 is 0 Å². The molecule has 0 aromatic heterocycles. The quantitative estimate of drug-likeness (QED) is 0.495. The zero-order chi connectivity index (χ0) is 8.10. The summed E-state index contributed by atoms with van der Waals surface area (Å²) in [6, 6.07) is -0.0860. The van der Waals surface area contributed by atoms with Crippen LogP contribution in [0.3, 0.4) is 0 Å². The Morgan fingerprint density at radius 1 is 1.55 bits per heavy atom. The summed E-state index contributed by atoms with van der Waals surface area (Å²) in [5.74, 6) is 2.57. The lowest BCUT2D eigenvalue weighted by atomic mass is 10.2. The molecule has 1 aliphatic rings. The summed E-state index contributed by atoms with van der Waals surface area (Å²) in [5, 5.41) is 12.1. The second-order valence-electron chi connectivity index (χ2n) is 2.65. The molecule has 0 radical (unpaired) electrons. The van der Waals surface area contributed by atoms with Gasteiger partial charge in [0.2, 0.25) is 0 Å². The summed E-state index contributed by atoms with van der Waals surface area (Å²) >= 11 is 0. The van der Waals surface area contributed by atoms with Gasteiger partial charge in [-0.25, -0.2) is 0 Å². The van der Waals surface area contributed by atoms with E-state index in [1.54, 1.807) is 0 Å². The van der Waals surface area contributed by atoms with Gasteiger partial charge in [0.15, 0.2) is 0 Å². The van der Waals surface area contributed by atoms with E-state index in [2.05, 4.69) is 16.1 Å². The molecule has 0 aliphatic carbocycles. The number of nitrogens with one attached hydrogen (secondary N) is 1. The highest BCUT2D eigenvalue weighted by atomic mass is 16.3. The molecule has 1 rings (SSSR count). The Kier molecular flexibility index (Phi) is 3.37. The number of nitrogens with zero attached hydrogens (tertiary/aromatic N) is 1. The molecule has 0 aromatic carbocycles. The van der Waals surface area contributed by atoms with Crippen LogP contribution in [0, 0.1) is 12.3 Å². The molecule has 0 aromatic rings. The molecular formula is C8H14N2O. The fourth-order valence-corrected chi connectivity index (χ4v) is 1.27. The molecule has 0 saturated carbocycles. The molecule has 3 heteroatoms.